The number of alkyl halides is 2. The third-order valence-corrected chi connectivity index (χ3v) is 3.25. The molecule has 0 saturated heterocycles. The van der Waals surface area contributed by atoms with E-state index in [4.69, 9.17) is 0 Å². The van der Waals surface area contributed by atoms with Crippen LogP contribution >= 0.6 is 38.5 Å². The molecule has 0 fully saturated rings. The van der Waals surface area contributed by atoms with Gasteiger partial charge in [-0.1, -0.05) is 0 Å². The van der Waals surface area contributed by atoms with Crippen molar-refractivity contribution < 1.29 is 18.3 Å². The van der Waals surface area contributed by atoms with Gasteiger partial charge in [-0.25, -0.2) is 8.78 Å². The molecule has 0 saturated carbocycles. The molecule has 1 amide bonds. The van der Waals surface area contributed by atoms with Gasteiger partial charge in [-0.3, -0.25) is 4.79 Å². The highest BCUT2D eigenvalue weighted by molar-refractivity contribution is 14.1. The number of hydrogen-bond donors (Lipinski definition) is 1. The number of ether oxygens (including phenoxy) is 1. The van der Waals surface area contributed by atoms with Gasteiger partial charge >= 0.3 is 0 Å². The van der Waals surface area contributed by atoms with Crippen LogP contribution in [0.25, 0.3) is 0 Å². The lowest BCUT2D eigenvalue weighted by molar-refractivity contribution is -0.117. The summed E-state index contributed by atoms with van der Waals surface area (Å²) in [5.74, 6) is -0.272. The number of anilines is 1. The molecule has 7 heteroatoms. The molecule has 0 aromatic heterocycles. The first kappa shape index (κ1) is 15.8. The molecule has 100 valence electrons. The van der Waals surface area contributed by atoms with Crippen LogP contribution < -0.4 is 5.32 Å². The van der Waals surface area contributed by atoms with E-state index in [1.807, 2.05) is 12.1 Å². The van der Waals surface area contributed by atoms with E-state index in [2.05, 4.69) is 48.6 Å². The van der Waals surface area contributed by atoms with Gasteiger partial charge in [0.2, 0.25) is 5.91 Å². The van der Waals surface area contributed by atoms with Crippen molar-refractivity contribution in [1.82, 2.24) is 0 Å². The second-order valence-electron chi connectivity index (χ2n) is 3.39. The van der Waals surface area contributed by atoms with Crippen LogP contribution in [0.15, 0.2) is 22.7 Å². The molecule has 0 radical (unpaired) electrons. The third-order valence-electron chi connectivity index (χ3n) is 1.92. The molecule has 1 aromatic rings. The maximum Gasteiger partial charge on any atom is 0.261 e. The fourth-order valence-electron chi connectivity index (χ4n) is 1.14. The number of amides is 1. The maximum absolute atomic E-state index is 11.8. The molecule has 18 heavy (non-hydrogen) atoms. The molecule has 0 aliphatic rings. The Kier molecular flexibility index (Phi) is 7.02. The standard InChI is InChI=1S/C11H11BrF2INO2/c12-8-5-7(15)1-2-9(8)16-11(17)3-4-18-6-10(13)14/h1-2,5,10H,3-4,6H2,(H,16,17). The van der Waals surface area contributed by atoms with Gasteiger partial charge in [0.25, 0.3) is 6.43 Å². The summed E-state index contributed by atoms with van der Waals surface area (Å²) < 4.78 is 30.0. The summed E-state index contributed by atoms with van der Waals surface area (Å²) in [5.41, 5.74) is 0.647. The van der Waals surface area contributed by atoms with Crippen molar-refractivity contribution in [1.29, 1.82) is 0 Å². The Bertz CT molecular complexity index is 418. The Labute approximate surface area is 126 Å². The number of hydrogen-bond acceptors (Lipinski definition) is 2. The average Bonchev–Trinajstić information content (AvgIpc) is 2.28. The predicted octanol–water partition coefficient (Wildman–Crippen LogP) is 3.66. The molecule has 3 nitrogen and oxygen atoms in total. The fraction of sp³-hybridized carbons (Fsp3) is 0.364. The number of halogens is 4. The van der Waals surface area contributed by atoms with Crippen LogP contribution in [0.1, 0.15) is 6.42 Å². The van der Waals surface area contributed by atoms with E-state index in [1.54, 1.807) is 6.07 Å². The zero-order valence-electron chi connectivity index (χ0n) is 9.26. The van der Waals surface area contributed by atoms with E-state index in [0.717, 1.165) is 8.04 Å². The summed E-state index contributed by atoms with van der Waals surface area (Å²) in [6.07, 6.45) is -2.45. The lowest BCUT2D eigenvalue weighted by atomic mass is 10.3. The van der Waals surface area contributed by atoms with Crippen molar-refractivity contribution in [2.45, 2.75) is 12.8 Å². The van der Waals surface area contributed by atoms with Crippen molar-refractivity contribution >= 4 is 50.1 Å². The Morgan fingerprint density at radius 2 is 2.22 bits per heavy atom. The zero-order valence-corrected chi connectivity index (χ0v) is 13.0. The Morgan fingerprint density at radius 1 is 1.50 bits per heavy atom. The van der Waals surface area contributed by atoms with Gasteiger partial charge in [0, 0.05) is 8.04 Å². The van der Waals surface area contributed by atoms with E-state index < -0.39 is 13.0 Å². The summed E-state index contributed by atoms with van der Waals surface area (Å²) >= 11 is 5.48. The van der Waals surface area contributed by atoms with Crippen molar-refractivity contribution in [2.75, 3.05) is 18.5 Å². The molecule has 0 atom stereocenters. The minimum absolute atomic E-state index is 0.0157. The van der Waals surface area contributed by atoms with Crippen molar-refractivity contribution in [2.24, 2.45) is 0 Å². The van der Waals surface area contributed by atoms with E-state index in [9.17, 15) is 13.6 Å². The van der Waals surface area contributed by atoms with Crippen LogP contribution in [0.3, 0.4) is 0 Å². The van der Waals surface area contributed by atoms with Gasteiger partial charge in [-0.15, -0.1) is 0 Å². The van der Waals surface area contributed by atoms with Gasteiger partial charge < -0.3 is 10.1 Å². The first-order valence-corrected chi connectivity index (χ1v) is 6.97. The molecule has 0 aliphatic heterocycles. The summed E-state index contributed by atoms with van der Waals surface area (Å²) in [7, 11) is 0. The molecule has 0 unspecified atom stereocenters. The summed E-state index contributed by atoms with van der Waals surface area (Å²) in [6.45, 7) is -0.654. The maximum atomic E-state index is 11.8. The molecule has 0 aliphatic carbocycles. The largest absolute Gasteiger partial charge is 0.375 e. The first-order chi connectivity index (χ1) is 8.49. The van der Waals surface area contributed by atoms with E-state index in [-0.39, 0.29) is 18.9 Å². The number of benzene rings is 1. The van der Waals surface area contributed by atoms with Crippen molar-refractivity contribution in [3.8, 4) is 0 Å². The van der Waals surface area contributed by atoms with Crippen LogP contribution in [0.2, 0.25) is 0 Å². The van der Waals surface area contributed by atoms with Gasteiger partial charge in [0.15, 0.2) is 0 Å². The summed E-state index contributed by atoms with van der Waals surface area (Å²) in [5, 5.41) is 2.67. The number of rotatable bonds is 6. The fourth-order valence-corrected chi connectivity index (χ4v) is 2.54. The third kappa shape index (κ3) is 6.05. The van der Waals surface area contributed by atoms with Gasteiger partial charge in [-0.05, 0) is 56.7 Å². The highest BCUT2D eigenvalue weighted by Gasteiger charge is 2.07. The van der Waals surface area contributed by atoms with Crippen LogP contribution in [0, 0.1) is 3.57 Å². The molecule has 1 N–H and O–H groups in total. The normalized spacial score (nSPS) is 10.7. The smallest absolute Gasteiger partial charge is 0.261 e. The minimum atomic E-state index is -2.50. The summed E-state index contributed by atoms with van der Waals surface area (Å²) in [4.78, 5) is 11.5. The highest BCUT2D eigenvalue weighted by atomic mass is 127. The quantitative estimate of drug-likeness (QED) is 0.549. The molecular formula is C11H11BrF2INO2. The monoisotopic (exact) mass is 433 g/mol. The highest BCUT2D eigenvalue weighted by Crippen LogP contribution is 2.24. The van der Waals surface area contributed by atoms with Gasteiger partial charge in [0.1, 0.15) is 6.61 Å². The second-order valence-corrected chi connectivity index (χ2v) is 5.49. The minimum Gasteiger partial charge on any atom is -0.375 e. The Morgan fingerprint density at radius 3 is 2.83 bits per heavy atom. The molecule has 1 rings (SSSR count). The van der Waals surface area contributed by atoms with Crippen LogP contribution in [0.5, 0.6) is 0 Å². The Balaban J connectivity index is 2.35. The topological polar surface area (TPSA) is 38.3 Å². The van der Waals surface area contributed by atoms with E-state index >= 15 is 0 Å². The van der Waals surface area contributed by atoms with Crippen molar-refractivity contribution in [3.05, 3.63) is 26.2 Å². The SMILES string of the molecule is O=C(CCOCC(F)F)Nc1ccc(I)cc1Br. The predicted molar refractivity (Wildman–Crippen MR) is 76.9 cm³/mol. The second kappa shape index (κ2) is 8.00. The van der Waals surface area contributed by atoms with Gasteiger partial charge in [0.05, 0.1) is 18.7 Å². The number of carbonyl (C=O) groups is 1. The number of carbonyl (C=O) groups excluding carboxylic acids is 1. The number of nitrogens with one attached hydrogen (secondary N) is 1. The Hall–Kier alpha value is -0.280. The molecule has 0 spiro atoms. The average molecular weight is 434 g/mol. The lowest BCUT2D eigenvalue weighted by Gasteiger charge is -2.08. The zero-order chi connectivity index (χ0) is 13.5. The summed E-state index contributed by atoms with van der Waals surface area (Å²) in [6, 6.07) is 5.49. The molecular weight excluding hydrogens is 423 g/mol. The first-order valence-electron chi connectivity index (χ1n) is 5.10. The van der Waals surface area contributed by atoms with E-state index in [1.165, 1.54) is 0 Å². The van der Waals surface area contributed by atoms with Crippen molar-refractivity contribution in [3.63, 3.8) is 0 Å². The molecule has 0 bridgehead atoms. The molecule has 1 aromatic carbocycles. The van der Waals surface area contributed by atoms with E-state index in [0.29, 0.717) is 5.69 Å². The van der Waals surface area contributed by atoms with Crippen LogP contribution in [-0.2, 0) is 9.53 Å². The van der Waals surface area contributed by atoms with Crippen LogP contribution in [0.4, 0.5) is 14.5 Å². The van der Waals surface area contributed by atoms with Gasteiger partial charge in [-0.2, -0.15) is 0 Å². The molecule has 0 heterocycles. The van der Waals surface area contributed by atoms with Crippen LogP contribution in [-0.4, -0.2) is 25.5 Å². The lowest BCUT2D eigenvalue weighted by Crippen LogP contribution is -2.16.